The van der Waals surface area contributed by atoms with Gasteiger partial charge in [-0.25, -0.2) is 9.50 Å². The lowest BCUT2D eigenvalue weighted by Crippen LogP contribution is -1.92. The van der Waals surface area contributed by atoms with Gasteiger partial charge >= 0.3 is 0 Å². The van der Waals surface area contributed by atoms with Gasteiger partial charge in [-0.3, -0.25) is 0 Å². The first-order valence-corrected chi connectivity index (χ1v) is 9.69. The van der Waals surface area contributed by atoms with Crippen molar-refractivity contribution in [1.29, 1.82) is 0 Å². The number of rotatable bonds is 4. The Balaban J connectivity index is 1.67. The minimum atomic E-state index is 0.900. The van der Waals surface area contributed by atoms with Crippen LogP contribution in [0.3, 0.4) is 0 Å². The first-order chi connectivity index (χ1) is 12.6. The molecule has 0 aliphatic rings. The van der Waals surface area contributed by atoms with Gasteiger partial charge in [0.2, 0.25) is 0 Å². The molecule has 0 amide bonds. The summed E-state index contributed by atoms with van der Waals surface area (Å²) in [5.74, 6) is 0.900. The van der Waals surface area contributed by atoms with Crippen LogP contribution in [0, 0.1) is 20.8 Å². The Bertz CT molecular complexity index is 1060. The van der Waals surface area contributed by atoms with Crippen molar-refractivity contribution in [2.45, 2.75) is 31.6 Å². The van der Waals surface area contributed by atoms with Crippen LogP contribution in [-0.4, -0.2) is 14.6 Å². The predicted octanol–water partition coefficient (Wildman–Crippen LogP) is 5.61. The Kier molecular flexibility index (Phi) is 4.51. The second-order valence-corrected chi connectivity index (χ2v) is 7.65. The molecule has 0 saturated heterocycles. The Hall–Kier alpha value is -2.59. The van der Waals surface area contributed by atoms with Gasteiger partial charge in [0, 0.05) is 23.7 Å². The Labute approximate surface area is 158 Å². The Morgan fingerprint density at radius 2 is 1.69 bits per heavy atom. The minimum Gasteiger partial charge on any atom is -0.246 e. The van der Waals surface area contributed by atoms with Gasteiger partial charge in [-0.2, -0.15) is 5.10 Å². The summed E-state index contributed by atoms with van der Waals surface area (Å²) in [7, 11) is 0. The molecule has 4 rings (SSSR count). The summed E-state index contributed by atoms with van der Waals surface area (Å²) in [6, 6.07) is 17.3. The van der Waals surface area contributed by atoms with Crippen molar-refractivity contribution in [2.24, 2.45) is 0 Å². The zero-order valence-corrected chi connectivity index (χ0v) is 16.0. The standard InChI is InChI=1S/C22H21N3S/c1-15-5-8-18(9-6-15)14-26-22-21-13-20(24-25(21)11-10-23-22)19-12-16(2)4-7-17(19)3/h4-13H,14H2,1-3H3. The van der Waals surface area contributed by atoms with Gasteiger partial charge in [-0.05, 0) is 44.0 Å². The lowest BCUT2D eigenvalue weighted by atomic mass is 10.0. The average molecular weight is 359 g/mol. The highest BCUT2D eigenvalue weighted by atomic mass is 32.2. The van der Waals surface area contributed by atoms with E-state index in [1.54, 1.807) is 11.8 Å². The molecule has 0 saturated carbocycles. The van der Waals surface area contributed by atoms with Crippen LogP contribution in [0.2, 0.25) is 0 Å². The molecule has 0 unspecified atom stereocenters. The largest absolute Gasteiger partial charge is 0.246 e. The van der Waals surface area contributed by atoms with Gasteiger partial charge in [-0.15, -0.1) is 0 Å². The summed E-state index contributed by atoms with van der Waals surface area (Å²) >= 11 is 1.75. The summed E-state index contributed by atoms with van der Waals surface area (Å²) in [4.78, 5) is 4.59. The van der Waals surface area contributed by atoms with E-state index in [1.807, 2.05) is 16.9 Å². The lowest BCUT2D eigenvalue weighted by Gasteiger charge is -2.03. The van der Waals surface area contributed by atoms with E-state index in [1.165, 1.54) is 27.8 Å². The van der Waals surface area contributed by atoms with Crippen LogP contribution in [0.5, 0.6) is 0 Å². The van der Waals surface area contributed by atoms with E-state index in [-0.39, 0.29) is 0 Å². The fourth-order valence-electron chi connectivity index (χ4n) is 2.99. The molecule has 0 fully saturated rings. The molecule has 0 atom stereocenters. The van der Waals surface area contributed by atoms with Crippen LogP contribution in [-0.2, 0) is 5.75 Å². The van der Waals surface area contributed by atoms with Crippen molar-refractivity contribution in [3.8, 4) is 11.3 Å². The second-order valence-electron chi connectivity index (χ2n) is 6.68. The zero-order valence-electron chi connectivity index (χ0n) is 15.2. The third-order valence-corrected chi connectivity index (χ3v) is 5.59. The van der Waals surface area contributed by atoms with E-state index in [2.05, 4.69) is 74.3 Å². The highest BCUT2D eigenvalue weighted by Gasteiger charge is 2.11. The molecular formula is C22H21N3S. The number of thioether (sulfide) groups is 1. The third-order valence-electron chi connectivity index (χ3n) is 4.52. The van der Waals surface area contributed by atoms with Crippen molar-refractivity contribution >= 4 is 17.3 Å². The molecule has 26 heavy (non-hydrogen) atoms. The quantitative estimate of drug-likeness (QED) is 0.443. The van der Waals surface area contributed by atoms with E-state index < -0.39 is 0 Å². The van der Waals surface area contributed by atoms with Crippen LogP contribution >= 0.6 is 11.8 Å². The third kappa shape index (κ3) is 3.37. The second kappa shape index (κ2) is 6.96. The molecule has 0 N–H and O–H groups in total. The molecule has 130 valence electrons. The maximum Gasteiger partial charge on any atom is 0.122 e. The molecule has 0 aliphatic carbocycles. The fraction of sp³-hybridized carbons (Fsp3) is 0.182. The van der Waals surface area contributed by atoms with Crippen molar-refractivity contribution in [2.75, 3.05) is 0 Å². The van der Waals surface area contributed by atoms with Gasteiger partial charge in [0.1, 0.15) is 5.03 Å². The van der Waals surface area contributed by atoms with Gasteiger partial charge in [0.15, 0.2) is 0 Å². The minimum absolute atomic E-state index is 0.900. The van der Waals surface area contributed by atoms with Crippen LogP contribution in [0.4, 0.5) is 0 Å². The summed E-state index contributed by atoms with van der Waals surface area (Å²) < 4.78 is 1.93. The van der Waals surface area contributed by atoms with E-state index in [0.717, 1.165) is 22.0 Å². The van der Waals surface area contributed by atoms with Crippen molar-refractivity contribution in [1.82, 2.24) is 14.6 Å². The molecule has 2 aromatic carbocycles. The molecule has 0 bridgehead atoms. The van der Waals surface area contributed by atoms with Crippen LogP contribution < -0.4 is 0 Å². The number of aryl methyl sites for hydroxylation is 3. The number of hydrogen-bond donors (Lipinski definition) is 0. The number of benzene rings is 2. The maximum absolute atomic E-state index is 4.78. The molecular weight excluding hydrogens is 338 g/mol. The van der Waals surface area contributed by atoms with E-state index >= 15 is 0 Å². The molecule has 2 heterocycles. The zero-order chi connectivity index (χ0) is 18.1. The van der Waals surface area contributed by atoms with Gasteiger partial charge in [-0.1, -0.05) is 59.3 Å². The van der Waals surface area contributed by atoms with Crippen molar-refractivity contribution in [3.05, 3.63) is 83.2 Å². The number of aromatic nitrogens is 3. The lowest BCUT2D eigenvalue weighted by molar-refractivity contribution is 0.920. The van der Waals surface area contributed by atoms with Crippen LogP contribution in [0.25, 0.3) is 16.8 Å². The first-order valence-electron chi connectivity index (χ1n) is 8.70. The maximum atomic E-state index is 4.78. The van der Waals surface area contributed by atoms with E-state index in [9.17, 15) is 0 Å². The summed E-state index contributed by atoms with van der Waals surface area (Å²) in [6.45, 7) is 6.35. The number of nitrogens with zero attached hydrogens (tertiary/aromatic N) is 3. The monoisotopic (exact) mass is 359 g/mol. The highest BCUT2D eigenvalue weighted by Crippen LogP contribution is 2.29. The first kappa shape index (κ1) is 16.9. The van der Waals surface area contributed by atoms with Crippen LogP contribution in [0.1, 0.15) is 22.3 Å². The normalized spacial score (nSPS) is 11.2. The predicted molar refractivity (Wildman–Crippen MR) is 109 cm³/mol. The topological polar surface area (TPSA) is 30.2 Å². The number of fused-ring (bicyclic) bond motifs is 1. The summed E-state index contributed by atoms with van der Waals surface area (Å²) in [6.07, 6.45) is 3.74. The molecule has 4 aromatic rings. The van der Waals surface area contributed by atoms with E-state index in [0.29, 0.717) is 0 Å². The summed E-state index contributed by atoms with van der Waals surface area (Å²) in [5.41, 5.74) is 8.31. The average Bonchev–Trinajstić information content (AvgIpc) is 3.08. The Morgan fingerprint density at radius 3 is 2.50 bits per heavy atom. The van der Waals surface area contributed by atoms with Gasteiger partial charge in [0.25, 0.3) is 0 Å². The summed E-state index contributed by atoms with van der Waals surface area (Å²) in [5, 5.41) is 5.79. The molecule has 3 nitrogen and oxygen atoms in total. The van der Waals surface area contributed by atoms with E-state index in [4.69, 9.17) is 5.10 Å². The van der Waals surface area contributed by atoms with Crippen molar-refractivity contribution in [3.63, 3.8) is 0 Å². The van der Waals surface area contributed by atoms with Crippen molar-refractivity contribution < 1.29 is 0 Å². The molecule has 4 heteroatoms. The molecule has 0 radical (unpaired) electrons. The van der Waals surface area contributed by atoms with Gasteiger partial charge < -0.3 is 0 Å². The van der Waals surface area contributed by atoms with Crippen LogP contribution in [0.15, 0.2) is 66.0 Å². The smallest absolute Gasteiger partial charge is 0.122 e. The number of hydrogen-bond acceptors (Lipinski definition) is 3. The molecule has 2 aromatic heterocycles. The highest BCUT2D eigenvalue weighted by molar-refractivity contribution is 7.98. The fourth-order valence-corrected chi connectivity index (χ4v) is 3.92. The van der Waals surface area contributed by atoms with Gasteiger partial charge in [0.05, 0.1) is 11.2 Å². The Morgan fingerprint density at radius 1 is 0.923 bits per heavy atom. The SMILES string of the molecule is Cc1ccc(CSc2nccn3nc(-c4cc(C)ccc4C)cc23)cc1. The molecule has 0 aliphatic heterocycles. The molecule has 0 spiro atoms.